The highest BCUT2D eigenvalue weighted by atomic mass is 19.1. The van der Waals surface area contributed by atoms with Gasteiger partial charge >= 0.3 is 5.69 Å². The van der Waals surface area contributed by atoms with Crippen molar-refractivity contribution in [3.63, 3.8) is 0 Å². The van der Waals surface area contributed by atoms with E-state index in [1.165, 1.54) is 12.1 Å². The van der Waals surface area contributed by atoms with Gasteiger partial charge in [0.2, 0.25) is 0 Å². The smallest absolute Gasteiger partial charge is 0.343 e. The number of hydrogen-bond acceptors (Lipinski definition) is 4. The topological polar surface area (TPSA) is 91.2 Å². The van der Waals surface area contributed by atoms with Gasteiger partial charge in [-0.05, 0) is 31.9 Å². The van der Waals surface area contributed by atoms with Gasteiger partial charge in [0, 0.05) is 25.6 Å². The van der Waals surface area contributed by atoms with Crippen LogP contribution in [0.15, 0.2) is 23.0 Å². The number of likely N-dealkylation sites (tertiary alicyclic amines) is 1. The average molecular weight is 334 g/mol. The van der Waals surface area contributed by atoms with Crippen molar-refractivity contribution in [1.29, 1.82) is 0 Å². The molecule has 128 valence electrons. The van der Waals surface area contributed by atoms with E-state index < -0.39 is 11.6 Å². The van der Waals surface area contributed by atoms with Crippen LogP contribution in [0.3, 0.4) is 0 Å². The molecule has 24 heavy (non-hydrogen) atoms. The van der Waals surface area contributed by atoms with Crippen LogP contribution in [-0.2, 0) is 6.54 Å². The van der Waals surface area contributed by atoms with Crippen LogP contribution in [0, 0.1) is 5.82 Å². The fraction of sp³-hybridized carbons (Fsp3) is 0.438. The number of nitrogens with zero attached hydrogens (tertiary/aromatic N) is 3. The second-order valence-electron chi connectivity index (χ2n) is 5.83. The lowest BCUT2D eigenvalue weighted by molar-refractivity contribution is 0.0706. The van der Waals surface area contributed by atoms with Gasteiger partial charge in [0.1, 0.15) is 5.82 Å². The number of rotatable bonds is 3. The number of phenols is 1. The fourth-order valence-corrected chi connectivity index (χ4v) is 3.15. The first-order chi connectivity index (χ1) is 11.5. The molecule has 0 radical (unpaired) electrons. The second kappa shape index (κ2) is 6.46. The van der Waals surface area contributed by atoms with Crippen LogP contribution in [-0.4, -0.2) is 43.8 Å². The largest absolute Gasteiger partial charge is 0.504 e. The number of aromatic nitrogens is 3. The van der Waals surface area contributed by atoms with Crippen LogP contribution in [0.25, 0.3) is 0 Å². The molecule has 0 spiro atoms. The van der Waals surface area contributed by atoms with Crippen molar-refractivity contribution < 1.29 is 14.3 Å². The highest BCUT2D eigenvalue weighted by Gasteiger charge is 2.29. The standard InChI is InChI=1S/C16H19FN4O3/c1-2-21-14(18-19-16(21)24)10-6-8-20(9-7-10)15(23)11-4-3-5-12(17)13(11)22/h3-5,10,22H,2,6-9H2,1H3,(H,19,24). The van der Waals surface area contributed by atoms with Crippen molar-refractivity contribution in [2.75, 3.05) is 13.1 Å². The summed E-state index contributed by atoms with van der Waals surface area (Å²) in [6, 6.07) is 3.92. The number of aromatic amines is 1. The van der Waals surface area contributed by atoms with Crippen LogP contribution in [0.1, 0.15) is 41.9 Å². The van der Waals surface area contributed by atoms with Gasteiger partial charge in [0.25, 0.3) is 5.91 Å². The number of halogens is 1. The SMILES string of the molecule is CCn1c(C2CCN(C(=O)c3cccc(F)c3O)CC2)n[nH]c1=O. The van der Waals surface area contributed by atoms with Crippen LogP contribution >= 0.6 is 0 Å². The third-order valence-electron chi connectivity index (χ3n) is 4.47. The van der Waals surface area contributed by atoms with Gasteiger partial charge in [-0.3, -0.25) is 9.36 Å². The van der Waals surface area contributed by atoms with Crippen molar-refractivity contribution in [1.82, 2.24) is 19.7 Å². The Balaban J connectivity index is 1.72. The molecule has 2 N–H and O–H groups in total. The van der Waals surface area contributed by atoms with E-state index in [0.717, 1.165) is 6.07 Å². The van der Waals surface area contributed by atoms with Gasteiger partial charge < -0.3 is 10.0 Å². The fourth-order valence-electron chi connectivity index (χ4n) is 3.15. The Bertz CT molecular complexity index is 806. The zero-order valence-corrected chi connectivity index (χ0v) is 13.3. The second-order valence-corrected chi connectivity index (χ2v) is 5.83. The molecule has 2 aromatic rings. The molecule has 2 heterocycles. The monoisotopic (exact) mass is 334 g/mol. The number of H-pyrrole nitrogens is 1. The van der Waals surface area contributed by atoms with Gasteiger partial charge in [-0.2, -0.15) is 5.10 Å². The summed E-state index contributed by atoms with van der Waals surface area (Å²) in [6.45, 7) is 3.35. The van der Waals surface area contributed by atoms with Crippen molar-refractivity contribution >= 4 is 5.91 Å². The van der Waals surface area contributed by atoms with E-state index in [1.807, 2.05) is 6.92 Å². The molecule has 1 aliphatic heterocycles. The molecule has 0 atom stereocenters. The quantitative estimate of drug-likeness (QED) is 0.889. The van der Waals surface area contributed by atoms with Crippen LogP contribution < -0.4 is 5.69 Å². The molecule has 1 saturated heterocycles. The number of hydrogen-bond donors (Lipinski definition) is 2. The maximum absolute atomic E-state index is 13.4. The Hall–Kier alpha value is -2.64. The Morgan fingerprint density at radius 2 is 2.12 bits per heavy atom. The third kappa shape index (κ3) is 2.79. The predicted octanol–water partition coefficient (Wildman–Crippen LogP) is 1.46. The highest BCUT2D eigenvalue weighted by molar-refractivity contribution is 5.96. The summed E-state index contributed by atoms with van der Waals surface area (Å²) < 4.78 is 15.0. The summed E-state index contributed by atoms with van der Waals surface area (Å²) in [6.07, 6.45) is 1.32. The maximum Gasteiger partial charge on any atom is 0.343 e. The van der Waals surface area contributed by atoms with E-state index in [1.54, 1.807) is 9.47 Å². The molecule has 8 heteroatoms. The minimum Gasteiger partial charge on any atom is -0.504 e. The van der Waals surface area contributed by atoms with Gasteiger partial charge in [-0.15, -0.1) is 0 Å². The van der Waals surface area contributed by atoms with E-state index in [2.05, 4.69) is 10.2 Å². The first kappa shape index (κ1) is 16.2. The molecular formula is C16H19FN4O3. The van der Waals surface area contributed by atoms with Gasteiger partial charge in [0.15, 0.2) is 11.6 Å². The molecular weight excluding hydrogens is 315 g/mol. The number of nitrogens with one attached hydrogen (secondary N) is 1. The van der Waals surface area contributed by atoms with E-state index >= 15 is 0 Å². The molecule has 1 aliphatic rings. The van der Waals surface area contributed by atoms with Gasteiger partial charge in [0.05, 0.1) is 5.56 Å². The first-order valence-electron chi connectivity index (χ1n) is 7.94. The Morgan fingerprint density at radius 1 is 1.42 bits per heavy atom. The van der Waals surface area contributed by atoms with E-state index in [9.17, 15) is 19.1 Å². The Kier molecular flexibility index (Phi) is 4.37. The minimum absolute atomic E-state index is 0.0290. The van der Waals surface area contributed by atoms with Crippen molar-refractivity contribution in [3.05, 3.63) is 45.9 Å². The Morgan fingerprint density at radius 3 is 2.79 bits per heavy atom. The number of para-hydroxylation sites is 1. The van der Waals surface area contributed by atoms with Crippen LogP contribution in [0.2, 0.25) is 0 Å². The zero-order chi connectivity index (χ0) is 17.3. The lowest BCUT2D eigenvalue weighted by atomic mass is 9.95. The highest BCUT2D eigenvalue weighted by Crippen LogP contribution is 2.28. The van der Waals surface area contributed by atoms with E-state index in [4.69, 9.17) is 0 Å². The minimum atomic E-state index is -0.806. The summed E-state index contributed by atoms with van der Waals surface area (Å²) in [5, 5.41) is 16.3. The number of piperidine rings is 1. The normalized spacial score (nSPS) is 15.7. The molecule has 1 fully saturated rings. The van der Waals surface area contributed by atoms with E-state index in [-0.39, 0.29) is 23.1 Å². The number of benzene rings is 1. The lowest BCUT2D eigenvalue weighted by Gasteiger charge is -2.31. The summed E-state index contributed by atoms with van der Waals surface area (Å²) in [5.74, 6) is -1.01. The van der Waals surface area contributed by atoms with Crippen molar-refractivity contribution in [3.8, 4) is 5.75 Å². The molecule has 0 unspecified atom stereocenters. The maximum atomic E-state index is 13.4. The van der Waals surface area contributed by atoms with E-state index in [0.29, 0.717) is 38.3 Å². The number of carbonyl (C=O) groups excluding carboxylic acids is 1. The van der Waals surface area contributed by atoms with Crippen molar-refractivity contribution in [2.45, 2.75) is 32.2 Å². The van der Waals surface area contributed by atoms with Crippen LogP contribution in [0.4, 0.5) is 4.39 Å². The summed E-state index contributed by atoms with van der Waals surface area (Å²) in [7, 11) is 0. The lowest BCUT2D eigenvalue weighted by Crippen LogP contribution is -2.38. The van der Waals surface area contributed by atoms with Gasteiger partial charge in [-0.25, -0.2) is 14.3 Å². The molecule has 1 aromatic carbocycles. The first-order valence-corrected chi connectivity index (χ1v) is 7.94. The van der Waals surface area contributed by atoms with Crippen molar-refractivity contribution in [2.24, 2.45) is 0 Å². The summed E-state index contributed by atoms with van der Waals surface area (Å²) >= 11 is 0. The predicted molar refractivity (Wildman–Crippen MR) is 84.5 cm³/mol. The molecule has 0 bridgehead atoms. The molecule has 7 nitrogen and oxygen atoms in total. The zero-order valence-electron chi connectivity index (χ0n) is 13.3. The molecule has 0 saturated carbocycles. The van der Waals surface area contributed by atoms with Crippen LogP contribution in [0.5, 0.6) is 5.75 Å². The Labute approximate surface area is 137 Å². The number of amides is 1. The average Bonchev–Trinajstić information content (AvgIpc) is 2.97. The molecule has 1 amide bonds. The number of aromatic hydroxyl groups is 1. The van der Waals surface area contributed by atoms with Gasteiger partial charge in [-0.1, -0.05) is 6.07 Å². The molecule has 0 aliphatic carbocycles. The summed E-state index contributed by atoms with van der Waals surface area (Å²) in [5.41, 5.74) is -0.255. The number of phenolic OH excluding ortho intramolecular Hbond substituents is 1. The summed E-state index contributed by atoms with van der Waals surface area (Å²) in [4.78, 5) is 25.7. The third-order valence-corrected chi connectivity index (χ3v) is 4.47. The molecule has 1 aromatic heterocycles. The molecule has 3 rings (SSSR count). The number of carbonyl (C=O) groups is 1.